The lowest BCUT2D eigenvalue weighted by atomic mass is 10.1. The third-order valence-corrected chi connectivity index (χ3v) is 2.64. The minimum absolute atomic E-state index is 0.489. The molecule has 0 bridgehead atoms. The SMILES string of the molecule is COc1ccccc1N=C(N)c1cccc(C)c1. The summed E-state index contributed by atoms with van der Waals surface area (Å²) >= 11 is 0. The molecule has 3 nitrogen and oxygen atoms in total. The van der Waals surface area contributed by atoms with E-state index in [-0.39, 0.29) is 0 Å². The first kappa shape index (κ1) is 12.2. The summed E-state index contributed by atoms with van der Waals surface area (Å²) in [5.74, 6) is 1.20. The van der Waals surface area contributed by atoms with Gasteiger partial charge in [0, 0.05) is 5.56 Å². The van der Waals surface area contributed by atoms with E-state index in [1.807, 2.05) is 55.5 Å². The molecule has 0 aliphatic carbocycles. The Morgan fingerprint density at radius 3 is 2.61 bits per heavy atom. The second-order valence-corrected chi connectivity index (χ2v) is 4.04. The molecule has 2 rings (SSSR count). The van der Waals surface area contributed by atoms with Gasteiger partial charge in [-0.15, -0.1) is 0 Å². The number of benzene rings is 2. The Hall–Kier alpha value is -2.29. The fraction of sp³-hybridized carbons (Fsp3) is 0.133. The minimum Gasteiger partial charge on any atom is -0.494 e. The molecule has 3 heteroatoms. The van der Waals surface area contributed by atoms with Gasteiger partial charge >= 0.3 is 0 Å². The van der Waals surface area contributed by atoms with Crippen LogP contribution < -0.4 is 10.5 Å². The first-order valence-corrected chi connectivity index (χ1v) is 5.75. The second-order valence-electron chi connectivity index (χ2n) is 4.04. The predicted molar refractivity (Wildman–Crippen MR) is 74.6 cm³/mol. The highest BCUT2D eigenvalue weighted by Gasteiger charge is 2.03. The number of aliphatic imine (C=N–C) groups is 1. The number of ether oxygens (including phenoxy) is 1. The molecule has 0 fully saturated rings. The molecule has 0 unspecified atom stereocenters. The van der Waals surface area contributed by atoms with Crippen LogP contribution in [0.15, 0.2) is 53.5 Å². The Morgan fingerprint density at radius 2 is 1.89 bits per heavy atom. The molecule has 0 spiro atoms. The standard InChI is InChI=1S/C15H16N2O/c1-11-6-5-7-12(10-11)15(16)17-13-8-3-4-9-14(13)18-2/h3-10H,1-2H3,(H2,16,17). The quantitative estimate of drug-likeness (QED) is 0.662. The number of nitrogens with zero attached hydrogens (tertiary/aromatic N) is 1. The molecule has 0 atom stereocenters. The van der Waals surface area contributed by atoms with Crippen LogP contribution in [0.4, 0.5) is 5.69 Å². The summed E-state index contributed by atoms with van der Waals surface area (Å²) in [6.45, 7) is 2.03. The average molecular weight is 240 g/mol. The van der Waals surface area contributed by atoms with Gasteiger partial charge in [-0.3, -0.25) is 0 Å². The largest absolute Gasteiger partial charge is 0.494 e. The minimum atomic E-state index is 0.489. The maximum absolute atomic E-state index is 6.01. The van der Waals surface area contributed by atoms with Gasteiger partial charge in [0.2, 0.25) is 0 Å². The van der Waals surface area contributed by atoms with Crippen LogP contribution in [0, 0.1) is 6.92 Å². The summed E-state index contributed by atoms with van der Waals surface area (Å²) in [5, 5.41) is 0. The van der Waals surface area contributed by atoms with Crippen molar-refractivity contribution in [1.82, 2.24) is 0 Å². The van der Waals surface area contributed by atoms with Crippen molar-refractivity contribution in [3.63, 3.8) is 0 Å². The smallest absolute Gasteiger partial charge is 0.144 e. The van der Waals surface area contributed by atoms with E-state index in [2.05, 4.69) is 4.99 Å². The van der Waals surface area contributed by atoms with E-state index in [1.165, 1.54) is 0 Å². The van der Waals surface area contributed by atoms with Crippen molar-refractivity contribution in [3.8, 4) is 5.75 Å². The maximum atomic E-state index is 6.01. The zero-order valence-electron chi connectivity index (χ0n) is 10.6. The van der Waals surface area contributed by atoms with Crippen LogP contribution in [0.2, 0.25) is 0 Å². The number of aryl methyl sites for hydroxylation is 1. The first-order valence-electron chi connectivity index (χ1n) is 5.75. The van der Waals surface area contributed by atoms with Gasteiger partial charge in [0.05, 0.1) is 7.11 Å². The molecule has 18 heavy (non-hydrogen) atoms. The molecule has 2 N–H and O–H groups in total. The van der Waals surface area contributed by atoms with Crippen molar-refractivity contribution < 1.29 is 4.74 Å². The van der Waals surface area contributed by atoms with Crippen molar-refractivity contribution in [2.75, 3.05) is 7.11 Å². The molecule has 2 aromatic rings. The van der Waals surface area contributed by atoms with E-state index in [0.29, 0.717) is 11.6 Å². The normalized spacial score (nSPS) is 11.3. The van der Waals surface area contributed by atoms with Crippen LogP contribution in [-0.4, -0.2) is 12.9 Å². The number of rotatable bonds is 3. The molecule has 2 aromatic carbocycles. The molecule has 0 aliphatic heterocycles. The zero-order chi connectivity index (χ0) is 13.0. The molecule has 0 saturated heterocycles. The summed E-state index contributed by atoms with van der Waals surface area (Å²) in [7, 11) is 1.62. The molecular weight excluding hydrogens is 224 g/mol. The fourth-order valence-electron chi connectivity index (χ4n) is 1.72. The van der Waals surface area contributed by atoms with Crippen LogP contribution in [-0.2, 0) is 0 Å². The van der Waals surface area contributed by atoms with Crippen LogP contribution >= 0.6 is 0 Å². The highest BCUT2D eigenvalue weighted by Crippen LogP contribution is 2.26. The van der Waals surface area contributed by atoms with E-state index >= 15 is 0 Å². The van der Waals surface area contributed by atoms with Gasteiger partial charge in [-0.1, -0.05) is 35.9 Å². The van der Waals surface area contributed by atoms with Crippen molar-refractivity contribution >= 4 is 11.5 Å². The van der Waals surface area contributed by atoms with E-state index in [1.54, 1.807) is 7.11 Å². The molecular formula is C15H16N2O. The Morgan fingerprint density at radius 1 is 1.11 bits per heavy atom. The van der Waals surface area contributed by atoms with Gasteiger partial charge < -0.3 is 10.5 Å². The predicted octanol–water partition coefficient (Wildman–Crippen LogP) is 3.04. The Kier molecular flexibility index (Phi) is 3.63. The van der Waals surface area contributed by atoms with Gasteiger partial charge in [-0.25, -0.2) is 4.99 Å². The summed E-state index contributed by atoms with van der Waals surface area (Å²) in [6.07, 6.45) is 0. The number of hydrogen-bond donors (Lipinski definition) is 1. The molecule has 0 aromatic heterocycles. The Labute approximate surface area is 107 Å². The number of amidine groups is 1. The topological polar surface area (TPSA) is 47.6 Å². The lowest BCUT2D eigenvalue weighted by Gasteiger charge is -2.06. The highest BCUT2D eigenvalue weighted by atomic mass is 16.5. The molecule has 0 radical (unpaired) electrons. The van der Waals surface area contributed by atoms with Gasteiger partial charge in [0.1, 0.15) is 17.3 Å². The number of nitrogens with two attached hydrogens (primary N) is 1. The lowest BCUT2D eigenvalue weighted by Crippen LogP contribution is -2.12. The third-order valence-electron chi connectivity index (χ3n) is 2.64. The lowest BCUT2D eigenvalue weighted by molar-refractivity contribution is 0.416. The van der Waals surface area contributed by atoms with E-state index in [0.717, 1.165) is 16.8 Å². The Balaban J connectivity index is 2.38. The van der Waals surface area contributed by atoms with Crippen molar-refractivity contribution in [3.05, 3.63) is 59.7 Å². The molecule has 0 heterocycles. The van der Waals surface area contributed by atoms with Crippen LogP contribution in [0.5, 0.6) is 5.75 Å². The van der Waals surface area contributed by atoms with Crippen molar-refractivity contribution in [2.24, 2.45) is 10.7 Å². The summed E-state index contributed by atoms with van der Waals surface area (Å²) in [6, 6.07) is 15.5. The average Bonchev–Trinajstić information content (AvgIpc) is 2.39. The molecule has 0 amide bonds. The molecule has 0 saturated carbocycles. The van der Waals surface area contributed by atoms with Crippen LogP contribution in [0.25, 0.3) is 0 Å². The maximum Gasteiger partial charge on any atom is 0.144 e. The summed E-state index contributed by atoms with van der Waals surface area (Å²) in [4.78, 5) is 4.41. The second kappa shape index (κ2) is 5.36. The zero-order valence-corrected chi connectivity index (χ0v) is 10.6. The summed E-state index contributed by atoms with van der Waals surface area (Å²) < 4.78 is 5.24. The van der Waals surface area contributed by atoms with Crippen LogP contribution in [0.1, 0.15) is 11.1 Å². The number of para-hydroxylation sites is 2. The molecule has 0 aliphatic rings. The number of methoxy groups -OCH3 is 1. The van der Waals surface area contributed by atoms with Crippen molar-refractivity contribution in [2.45, 2.75) is 6.92 Å². The van der Waals surface area contributed by atoms with Gasteiger partial charge in [0.15, 0.2) is 0 Å². The number of hydrogen-bond acceptors (Lipinski definition) is 2. The van der Waals surface area contributed by atoms with E-state index in [9.17, 15) is 0 Å². The van der Waals surface area contributed by atoms with Gasteiger partial charge in [-0.2, -0.15) is 0 Å². The third kappa shape index (κ3) is 2.69. The Bertz CT molecular complexity index is 576. The first-order chi connectivity index (χ1) is 8.70. The van der Waals surface area contributed by atoms with Crippen LogP contribution in [0.3, 0.4) is 0 Å². The monoisotopic (exact) mass is 240 g/mol. The highest BCUT2D eigenvalue weighted by molar-refractivity contribution is 5.99. The van der Waals surface area contributed by atoms with E-state index in [4.69, 9.17) is 10.5 Å². The van der Waals surface area contributed by atoms with Crippen molar-refractivity contribution in [1.29, 1.82) is 0 Å². The van der Waals surface area contributed by atoms with E-state index < -0.39 is 0 Å². The molecule has 92 valence electrons. The van der Waals surface area contributed by atoms with Gasteiger partial charge in [-0.05, 0) is 25.1 Å². The van der Waals surface area contributed by atoms with Gasteiger partial charge in [0.25, 0.3) is 0 Å². The fourth-order valence-corrected chi connectivity index (χ4v) is 1.72. The summed E-state index contributed by atoms with van der Waals surface area (Å²) in [5.41, 5.74) is 8.82.